The van der Waals surface area contributed by atoms with Crippen LogP contribution in [0.25, 0.3) is 0 Å². The van der Waals surface area contributed by atoms with Crippen LogP contribution in [0.4, 0.5) is 5.69 Å². The van der Waals surface area contributed by atoms with Gasteiger partial charge in [-0.1, -0.05) is 5.21 Å². The Balaban J connectivity index is 1.19. The van der Waals surface area contributed by atoms with E-state index in [4.69, 9.17) is 4.74 Å². The first-order valence-corrected chi connectivity index (χ1v) is 10.7. The summed E-state index contributed by atoms with van der Waals surface area (Å²) in [6.07, 6.45) is 0.834. The van der Waals surface area contributed by atoms with Crippen LogP contribution in [0.1, 0.15) is 34.3 Å². The summed E-state index contributed by atoms with van der Waals surface area (Å²) in [5.74, 6) is 0.213. The second kappa shape index (κ2) is 9.34. The average Bonchev–Trinajstić information content (AvgIpc) is 3.21. The Morgan fingerprint density at radius 3 is 2.68 bits per heavy atom. The smallest absolute Gasteiger partial charge is 0.274 e. The molecule has 1 aromatic heterocycles. The summed E-state index contributed by atoms with van der Waals surface area (Å²) in [4.78, 5) is 29.4. The number of hydrogen-bond acceptors (Lipinski definition) is 7. The summed E-state index contributed by atoms with van der Waals surface area (Å²) >= 11 is 0. The highest BCUT2D eigenvalue weighted by atomic mass is 16.5. The Labute approximate surface area is 181 Å². The number of carbonyl (C=O) groups is 2. The Kier molecular flexibility index (Phi) is 6.36. The fourth-order valence-corrected chi connectivity index (χ4v) is 4.03. The second-order valence-electron chi connectivity index (χ2n) is 7.98. The number of carbonyl (C=O) groups excluding carboxylic acids is 2. The predicted molar refractivity (Wildman–Crippen MR) is 116 cm³/mol. The maximum atomic E-state index is 12.5. The molecule has 2 amide bonds. The molecule has 3 heterocycles. The minimum absolute atomic E-state index is 0.0252. The molecule has 1 saturated heterocycles. The van der Waals surface area contributed by atoms with Crippen LogP contribution in [-0.4, -0.2) is 84.1 Å². The van der Waals surface area contributed by atoms with Crippen molar-refractivity contribution in [2.45, 2.75) is 25.9 Å². The van der Waals surface area contributed by atoms with Gasteiger partial charge in [0, 0.05) is 44.5 Å². The number of piperazine rings is 1. The van der Waals surface area contributed by atoms with Gasteiger partial charge < -0.3 is 20.3 Å². The van der Waals surface area contributed by atoms with Gasteiger partial charge in [-0.2, -0.15) is 0 Å². The van der Waals surface area contributed by atoms with E-state index < -0.39 is 0 Å². The van der Waals surface area contributed by atoms with Crippen LogP contribution in [0.15, 0.2) is 24.3 Å². The highest BCUT2D eigenvalue weighted by Crippen LogP contribution is 2.20. The van der Waals surface area contributed by atoms with Gasteiger partial charge in [-0.05, 0) is 44.2 Å². The van der Waals surface area contributed by atoms with Gasteiger partial charge in [0.2, 0.25) is 0 Å². The van der Waals surface area contributed by atoms with Crippen LogP contribution in [0.3, 0.4) is 0 Å². The quantitative estimate of drug-likeness (QED) is 0.615. The third-order valence-electron chi connectivity index (χ3n) is 5.74. The van der Waals surface area contributed by atoms with Crippen LogP contribution in [0, 0.1) is 0 Å². The molecule has 4 rings (SSSR count). The van der Waals surface area contributed by atoms with Gasteiger partial charge in [0.15, 0.2) is 11.4 Å². The topological polar surface area (TPSA) is 105 Å². The zero-order valence-corrected chi connectivity index (χ0v) is 18.0. The number of ether oxygens (including phenoxy) is 1. The molecule has 2 N–H and O–H groups in total. The molecule has 10 nitrogen and oxygen atoms in total. The number of rotatable bonds is 7. The SMILES string of the molecule is COc1ccc(N2CCN(CCCNC(=O)c3nnn4c3C(=O)NC(C)C4)CC2)cc1. The summed E-state index contributed by atoms with van der Waals surface area (Å²) in [7, 11) is 1.67. The minimum atomic E-state index is -0.352. The number of amides is 2. The van der Waals surface area contributed by atoms with Crippen LogP contribution in [-0.2, 0) is 6.54 Å². The van der Waals surface area contributed by atoms with Crippen molar-refractivity contribution < 1.29 is 14.3 Å². The van der Waals surface area contributed by atoms with E-state index in [0.29, 0.717) is 13.1 Å². The molecule has 2 aromatic rings. The Hall–Kier alpha value is -3.14. The van der Waals surface area contributed by atoms with Crippen molar-refractivity contribution in [2.75, 3.05) is 51.3 Å². The first-order chi connectivity index (χ1) is 15.0. The zero-order valence-electron chi connectivity index (χ0n) is 18.0. The molecule has 0 aliphatic carbocycles. The lowest BCUT2D eigenvalue weighted by Gasteiger charge is -2.36. The van der Waals surface area contributed by atoms with Gasteiger partial charge >= 0.3 is 0 Å². The van der Waals surface area contributed by atoms with Crippen molar-refractivity contribution in [3.63, 3.8) is 0 Å². The maximum absolute atomic E-state index is 12.5. The van der Waals surface area contributed by atoms with Crippen molar-refractivity contribution in [3.05, 3.63) is 35.7 Å². The zero-order chi connectivity index (χ0) is 21.8. The lowest BCUT2D eigenvalue weighted by molar-refractivity contribution is 0.0880. The molecule has 1 atom stereocenters. The molecule has 166 valence electrons. The van der Waals surface area contributed by atoms with Gasteiger partial charge in [0.25, 0.3) is 11.8 Å². The van der Waals surface area contributed by atoms with Gasteiger partial charge in [0.05, 0.1) is 13.7 Å². The van der Waals surface area contributed by atoms with Crippen LogP contribution >= 0.6 is 0 Å². The fourth-order valence-electron chi connectivity index (χ4n) is 4.03. The van der Waals surface area contributed by atoms with E-state index in [1.807, 2.05) is 19.1 Å². The lowest BCUT2D eigenvalue weighted by atomic mass is 10.2. The van der Waals surface area contributed by atoms with Crippen LogP contribution < -0.4 is 20.3 Å². The van der Waals surface area contributed by atoms with E-state index in [2.05, 4.69) is 42.9 Å². The Morgan fingerprint density at radius 2 is 1.97 bits per heavy atom. The number of aromatic nitrogens is 3. The van der Waals surface area contributed by atoms with Gasteiger partial charge in [-0.3, -0.25) is 14.5 Å². The standard InChI is InChI=1S/C21H29N7O3/c1-15-14-28-19(21(30)23-15)18(24-25-28)20(29)22-8-3-9-26-10-12-27(13-11-26)16-4-6-17(31-2)7-5-16/h4-7,15H,3,8-14H2,1-2H3,(H,22,29)(H,23,30). The van der Waals surface area contributed by atoms with Crippen LogP contribution in [0.2, 0.25) is 0 Å². The molecule has 0 radical (unpaired) electrons. The van der Waals surface area contributed by atoms with Crippen molar-refractivity contribution in [2.24, 2.45) is 0 Å². The number of benzene rings is 1. The molecule has 0 saturated carbocycles. The molecular formula is C21H29N7O3. The van der Waals surface area contributed by atoms with Crippen molar-refractivity contribution in [3.8, 4) is 5.75 Å². The van der Waals surface area contributed by atoms with Crippen molar-refractivity contribution >= 4 is 17.5 Å². The summed E-state index contributed by atoms with van der Waals surface area (Å²) in [5, 5.41) is 13.5. The largest absolute Gasteiger partial charge is 0.497 e. The van der Waals surface area contributed by atoms with Gasteiger partial charge in [-0.15, -0.1) is 5.10 Å². The van der Waals surface area contributed by atoms with E-state index in [1.165, 1.54) is 10.4 Å². The number of nitrogens with one attached hydrogen (secondary N) is 2. The number of fused-ring (bicyclic) bond motifs is 1. The van der Waals surface area contributed by atoms with Gasteiger partial charge in [-0.25, -0.2) is 4.68 Å². The molecule has 31 heavy (non-hydrogen) atoms. The molecule has 1 aromatic carbocycles. The lowest BCUT2D eigenvalue weighted by Crippen LogP contribution is -2.47. The third-order valence-corrected chi connectivity index (χ3v) is 5.74. The Morgan fingerprint density at radius 1 is 1.23 bits per heavy atom. The molecule has 0 bridgehead atoms. The molecule has 1 unspecified atom stereocenters. The summed E-state index contributed by atoms with van der Waals surface area (Å²) < 4.78 is 6.72. The Bertz CT molecular complexity index is 920. The highest BCUT2D eigenvalue weighted by molar-refractivity contribution is 6.05. The van der Waals surface area contributed by atoms with E-state index >= 15 is 0 Å². The number of anilines is 1. The summed E-state index contributed by atoms with van der Waals surface area (Å²) in [6, 6.07) is 8.13. The van der Waals surface area contributed by atoms with Crippen molar-refractivity contribution in [1.29, 1.82) is 0 Å². The van der Waals surface area contributed by atoms with E-state index in [9.17, 15) is 9.59 Å². The molecule has 2 aliphatic rings. The van der Waals surface area contributed by atoms with E-state index in [1.54, 1.807) is 7.11 Å². The summed E-state index contributed by atoms with van der Waals surface area (Å²) in [5.41, 5.74) is 1.55. The van der Waals surface area contributed by atoms with Crippen LogP contribution in [0.5, 0.6) is 5.75 Å². The molecular weight excluding hydrogens is 398 g/mol. The monoisotopic (exact) mass is 427 g/mol. The maximum Gasteiger partial charge on any atom is 0.274 e. The highest BCUT2D eigenvalue weighted by Gasteiger charge is 2.30. The average molecular weight is 428 g/mol. The molecule has 10 heteroatoms. The van der Waals surface area contributed by atoms with Crippen molar-refractivity contribution in [1.82, 2.24) is 30.5 Å². The fraction of sp³-hybridized carbons (Fsp3) is 0.524. The first-order valence-electron chi connectivity index (χ1n) is 10.7. The van der Waals surface area contributed by atoms with E-state index in [0.717, 1.165) is 44.9 Å². The van der Waals surface area contributed by atoms with E-state index in [-0.39, 0.29) is 29.2 Å². The number of methoxy groups -OCH3 is 1. The van der Waals surface area contributed by atoms with Gasteiger partial charge in [0.1, 0.15) is 5.75 Å². The minimum Gasteiger partial charge on any atom is -0.497 e. The molecule has 2 aliphatic heterocycles. The predicted octanol–water partition coefficient (Wildman–Crippen LogP) is 0.361. The summed E-state index contributed by atoms with van der Waals surface area (Å²) in [6.45, 7) is 7.75. The first kappa shape index (κ1) is 21.1. The number of hydrogen-bond donors (Lipinski definition) is 2. The molecule has 1 fully saturated rings. The molecule has 0 spiro atoms. The normalized spacial score (nSPS) is 19.0. The number of nitrogens with zero attached hydrogens (tertiary/aromatic N) is 5. The third kappa shape index (κ3) is 4.79. The second-order valence-corrected chi connectivity index (χ2v) is 7.98.